The van der Waals surface area contributed by atoms with Gasteiger partial charge in [0, 0.05) is 22.3 Å². The number of ketones is 4. The molecule has 0 saturated heterocycles. The number of rotatable bonds is 5. The Bertz CT molecular complexity index is 1030. The second-order valence-corrected chi connectivity index (χ2v) is 7.96. The van der Waals surface area contributed by atoms with E-state index in [0.717, 1.165) is 17.7 Å². The lowest BCUT2D eigenvalue weighted by Crippen LogP contribution is -2.05. The van der Waals surface area contributed by atoms with Crippen molar-refractivity contribution in [1.82, 2.24) is 0 Å². The predicted octanol–water partition coefficient (Wildman–Crippen LogP) is 3.74. The lowest BCUT2D eigenvalue weighted by molar-refractivity contribution is 0.0997. The van der Waals surface area contributed by atoms with Crippen molar-refractivity contribution in [3.05, 3.63) is 64.2 Å². The molecule has 0 aliphatic heterocycles. The molecule has 2 rings (SSSR count). The number of hydrogen-bond acceptors (Lipinski definition) is 6. The van der Waals surface area contributed by atoms with Crippen LogP contribution in [0.5, 0.6) is 0 Å². The largest absolute Gasteiger partial charge is 0.295 e. The summed E-state index contributed by atoms with van der Waals surface area (Å²) in [6, 6.07) is 8.56. The molecule has 0 aromatic heterocycles. The summed E-state index contributed by atoms with van der Waals surface area (Å²) in [5.74, 6) is -0.779. The van der Waals surface area contributed by atoms with Gasteiger partial charge in [-0.2, -0.15) is 8.42 Å². The number of carbonyl (C=O) groups is 4. The SMILES string of the molecule is CC(=O)c1cc(C(C)=O)cc(S(=O)(=O)O)c1.CC(=O)c1cc(C)cc(C(C)=O)c1. The summed E-state index contributed by atoms with van der Waals surface area (Å²) < 4.78 is 30.7. The Morgan fingerprint density at radius 1 is 0.621 bits per heavy atom. The first-order chi connectivity index (χ1) is 13.2. The molecule has 2 aromatic carbocycles. The van der Waals surface area contributed by atoms with Gasteiger partial charge in [-0.15, -0.1) is 0 Å². The maximum Gasteiger partial charge on any atom is 0.294 e. The van der Waals surface area contributed by atoms with Gasteiger partial charge in [0.2, 0.25) is 0 Å². The Balaban J connectivity index is 0.000000296. The van der Waals surface area contributed by atoms with Crippen molar-refractivity contribution < 1.29 is 32.1 Å². The van der Waals surface area contributed by atoms with E-state index in [4.69, 9.17) is 4.55 Å². The maximum absolute atomic E-state index is 11.1. The fourth-order valence-corrected chi connectivity index (χ4v) is 2.90. The fourth-order valence-electron chi connectivity index (χ4n) is 2.34. The first-order valence-electron chi connectivity index (χ1n) is 8.50. The second-order valence-electron chi connectivity index (χ2n) is 6.53. The fraction of sp³-hybridized carbons (Fsp3) is 0.238. The number of Topliss-reactive ketones (excluding diaryl/α,β-unsaturated/α-hetero) is 4. The topological polar surface area (TPSA) is 123 Å². The maximum atomic E-state index is 11.1. The van der Waals surface area contributed by atoms with Crippen molar-refractivity contribution in [2.24, 2.45) is 0 Å². The molecule has 7 nitrogen and oxygen atoms in total. The van der Waals surface area contributed by atoms with Crippen LogP contribution < -0.4 is 0 Å². The van der Waals surface area contributed by atoms with E-state index in [1.54, 1.807) is 18.2 Å². The van der Waals surface area contributed by atoms with E-state index in [1.807, 2.05) is 6.92 Å². The Kier molecular flexibility index (Phi) is 7.87. The minimum Gasteiger partial charge on any atom is -0.295 e. The molecule has 0 heterocycles. The molecule has 0 unspecified atom stereocenters. The molecule has 0 aliphatic carbocycles. The van der Waals surface area contributed by atoms with Crippen LogP contribution in [0.15, 0.2) is 41.3 Å². The van der Waals surface area contributed by atoms with Gasteiger partial charge in [0.25, 0.3) is 10.1 Å². The van der Waals surface area contributed by atoms with Crippen LogP contribution in [0.25, 0.3) is 0 Å². The van der Waals surface area contributed by atoms with Gasteiger partial charge in [-0.05, 0) is 76.6 Å². The number of carbonyl (C=O) groups excluding carboxylic acids is 4. The third-order valence-corrected chi connectivity index (χ3v) is 4.74. The Morgan fingerprint density at radius 2 is 0.897 bits per heavy atom. The highest BCUT2D eigenvalue weighted by Gasteiger charge is 2.15. The van der Waals surface area contributed by atoms with E-state index < -0.39 is 15.0 Å². The molecule has 2 aromatic rings. The summed E-state index contributed by atoms with van der Waals surface area (Å²) in [7, 11) is -4.42. The third-order valence-electron chi connectivity index (χ3n) is 3.91. The van der Waals surface area contributed by atoms with Gasteiger partial charge >= 0.3 is 0 Å². The Hall–Kier alpha value is -2.97. The highest BCUT2D eigenvalue weighted by molar-refractivity contribution is 7.85. The van der Waals surface area contributed by atoms with E-state index in [2.05, 4.69) is 0 Å². The van der Waals surface area contributed by atoms with Gasteiger partial charge in [0.15, 0.2) is 23.1 Å². The minimum absolute atomic E-state index is 0.00815. The first kappa shape index (κ1) is 24.1. The van der Waals surface area contributed by atoms with Crippen molar-refractivity contribution in [2.75, 3.05) is 0 Å². The molecule has 29 heavy (non-hydrogen) atoms. The number of hydrogen-bond donors (Lipinski definition) is 1. The van der Waals surface area contributed by atoms with Crippen LogP contribution in [0.3, 0.4) is 0 Å². The summed E-state index contributed by atoms with van der Waals surface area (Å²) in [5, 5.41) is 0. The average Bonchev–Trinajstić information content (AvgIpc) is 2.60. The van der Waals surface area contributed by atoms with Gasteiger partial charge in [-0.3, -0.25) is 23.7 Å². The number of benzene rings is 2. The molecule has 0 atom stereocenters. The van der Waals surface area contributed by atoms with Crippen molar-refractivity contribution in [3.8, 4) is 0 Å². The Morgan fingerprint density at radius 3 is 1.14 bits per heavy atom. The summed E-state index contributed by atoms with van der Waals surface area (Å²) >= 11 is 0. The van der Waals surface area contributed by atoms with E-state index >= 15 is 0 Å². The lowest BCUT2D eigenvalue weighted by atomic mass is 10.0. The van der Waals surface area contributed by atoms with Crippen LogP contribution in [0.2, 0.25) is 0 Å². The molecule has 0 radical (unpaired) electrons. The van der Waals surface area contributed by atoms with E-state index in [0.29, 0.717) is 11.1 Å². The van der Waals surface area contributed by atoms with Crippen LogP contribution in [-0.4, -0.2) is 36.1 Å². The van der Waals surface area contributed by atoms with E-state index in [-0.39, 0.29) is 34.3 Å². The van der Waals surface area contributed by atoms with Crippen molar-refractivity contribution >= 4 is 33.3 Å². The first-order valence-corrected chi connectivity index (χ1v) is 9.94. The zero-order chi connectivity index (χ0) is 22.5. The van der Waals surface area contributed by atoms with Gasteiger partial charge in [-0.1, -0.05) is 0 Å². The quantitative estimate of drug-likeness (QED) is 0.579. The van der Waals surface area contributed by atoms with Crippen molar-refractivity contribution in [3.63, 3.8) is 0 Å². The van der Waals surface area contributed by atoms with Crippen LogP contribution in [0.4, 0.5) is 0 Å². The van der Waals surface area contributed by atoms with Crippen LogP contribution in [-0.2, 0) is 10.1 Å². The molecule has 0 spiro atoms. The minimum atomic E-state index is -4.42. The third kappa shape index (κ3) is 7.17. The zero-order valence-corrected chi connectivity index (χ0v) is 17.6. The van der Waals surface area contributed by atoms with Gasteiger partial charge in [-0.25, -0.2) is 0 Å². The van der Waals surface area contributed by atoms with E-state index in [9.17, 15) is 27.6 Å². The molecule has 0 amide bonds. The smallest absolute Gasteiger partial charge is 0.294 e. The zero-order valence-electron chi connectivity index (χ0n) is 16.8. The van der Waals surface area contributed by atoms with Crippen LogP contribution in [0.1, 0.15) is 74.7 Å². The van der Waals surface area contributed by atoms with Gasteiger partial charge in [0.1, 0.15) is 0 Å². The Labute approximate surface area is 169 Å². The molecular weight excluding hydrogens is 396 g/mol. The monoisotopic (exact) mass is 418 g/mol. The van der Waals surface area contributed by atoms with Crippen LogP contribution in [0, 0.1) is 6.92 Å². The van der Waals surface area contributed by atoms with E-state index in [1.165, 1.54) is 33.8 Å². The van der Waals surface area contributed by atoms with Crippen LogP contribution >= 0.6 is 0 Å². The number of aryl methyl sites for hydroxylation is 1. The lowest BCUT2D eigenvalue weighted by Gasteiger charge is -2.03. The molecule has 0 fully saturated rings. The van der Waals surface area contributed by atoms with Crippen molar-refractivity contribution in [2.45, 2.75) is 39.5 Å². The highest BCUT2D eigenvalue weighted by Crippen LogP contribution is 2.16. The normalized spacial score (nSPS) is 10.6. The molecule has 0 aliphatic rings. The highest BCUT2D eigenvalue weighted by atomic mass is 32.2. The summed E-state index contributed by atoms with van der Waals surface area (Å²) in [5.41, 5.74) is 2.29. The molecule has 8 heteroatoms. The molecule has 0 bridgehead atoms. The molecular formula is C21H22O7S. The predicted molar refractivity (Wildman–Crippen MR) is 107 cm³/mol. The molecule has 1 N–H and O–H groups in total. The van der Waals surface area contributed by atoms with Crippen molar-refractivity contribution in [1.29, 1.82) is 0 Å². The molecule has 154 valence electrons. The average molecular weight is 418 g/mol. The summed E-state index contributed by atoms with van der Waals surface area (Å²) in [4.78, 5) is 43.9. The summed E-state index contributed by atoms with van der Waals surface area (Å²) in [6.07, 6.45) is 0. The summed E-state index contributed by atoms with van der Waals surface area (Å²) in [6.45, 7) is 7.36. The standard InChI is InChI=1S/C11H12O2.C10H10O5S/c1-7-4-10(8(2)12)6-11(5-7)9(3)13;1-6(11)8-3-9(7(2)12)5-10(4-8)16(13,14)15/h4-6H,1-3H3;3-5H,1-2H3,(H,13,14,15). The second kappa shape index (κ2) is 9.49. The van der Waals surface area contributed by atoms with Gasteiger partial charge < -0.3 is 0 Å². The molecule has 0 saturated carbocycles. The van der Waals surface area contributed by atoms with Gasteiger partial charge in [0.05, 0.1) is 4.90 Å².